The lowest BCUT2D eigenvalue weighted by Crippen LogP contribution is -2.50. The highest BCUT2D eigenvalue weighted by atomic mass is 35.5. The van der Waals surface area contributed by atoms with E-state index in [2.05, 4.69) is 32.1 Å². The molecule has 0 spiro atoms. The maximum atomic E-state index is 7.10. The molecule has 2 heterocycles. The molecule has 0 fully saturated rings. The number of alkyl halides is 1. The van der Waals surface area contributed by atoms with E-state index in [-0.39, 0.29) is 0 Å². The Bertz CT molecular complexity index is 841. The number of fused-ring (bicyclic) bond motifs is 1. The Labute approximate surface area is 147 Å². The van der Waals surface area contributed by atoms with Crippen LogP contribution in [0, 0.1) is 5.41 Å². The molecule has 0 bridgehead atoms. The van der Waals surface area contributed by atoms with Crippen molar-refractivity contribution in [1.29, 1.82) is 0 Å². The van der Waals surface area contributed by atoms with Crippen LogP contribution in [0.25, 0.3) is 5.76 Å². The average molecular weight is 338 g/mol. The second kappa shape index (κ2) is 4.97. The second-order valence-corrected chi connectivity index (χ2v) is 7.70. The van der Waals surface area contributed by atoms with Gasteiger partial charge in [-0.05, 0) is 32.4 Å². The van der Waals surface area contributed by atoms with Crippen molar-refractivity contribution >= 4 is 23.1 Å². The summed E-state index contributed by atoms with van der Waals surface area (Å²) >= 11 is 7.10. The lowest BCUT2D eigenvalue weighted by Gasteiger charge is -2.39. The van der Waals surface area contributed by atoms with Crippen molar-refractivity contribution < 1.29 is 4.74 Å². The van der Waals surface area contributed by atoms with E-state index in [0.717, 1.165) is 22.6 Å². The highest BCUT2D eigenvalue weighted by Crippen LogP contribution is 2.60. The smallest absolute Gasteiger partial charge is 0.221 e. The third kappa shape index (κ3) is 1.93. The van der Waals surface area contributed by atoms with E-state index >= 15 is 0 Å². The van der Waals surface area contributed by atoms with Gasteiger partial charge in [0.25, 0.3) is 0 Å². The minimum atomic E-state index is -0.934. The zero-order chi connectivity index (χ0) is 17.0. The molecule has 2 atom stereocenters. The molecule has 2 aliphatic heterocycles. The monoisotopic (exact) mass is 337 g/mol. The van der Waals surface area contributed by atoms with Gasteiger partial charge in [-0.2, -0.15) is 0 Å². The van der Waals surface area contributed by atoms with E-state index in [1.807, 2.05) is 55.5 Å². The van der Waals surface area contributed by atoms with Gasteiger partial charge in [0.15, 0.2) is 0 Å². The molecule has 0 N–H and O–H groups in total. The Balaban J connectivity index is 1.84. The Morgan fingerprint density at radius 3 is 1.92 bits per heavy atom. The highest BCUT2D eigenvalue weighted by Gasteiger charge is 2.68. The van der Waals surface area contributed by atoms with Gasteiger partial charge >= 0.3 is 0 Å². The average Bonchev–Trinajstić information content (AvgIpc) is 2.94. The third-order valence-electron chi connectivity index (χ3n) is 5.16. The van der Waals surface area contributed by atoms with Crippen LogP contribution >= 0.6 is 11.6 Å². The van der Waals surface area contributed by atoms with Crippen molar-refractivity contribution in [1.82, 2.24) is 0 Å². The lowest BCUT2D eigenvalue weighted by atomic mass is 9.75. The van der Waals surface area contributed by atoms with Crippen molar-refractivity contribution in [2.24, 2.45) is 10.4 Å². The third-order valence-corrected chi connectivity index (χ3v) is 6.09. The van der Waals surface area contributed by atoms with Gasteiger partial charge in [-0.3, -0.25) is 4.99 Å². The molecule has 0 aliphatic carbocycles. The molecule has 3 heteroatoms. The van der Waals surface area contributed by atoms with Crippen LogP contribution in [0.3, 0.4) is 0 Å². The fraction of sp³-hybridized carbons (Fsp3) is 0.286. The molecular weight excluding hydrogens is 318 g/mol. The van der Waals surface area contributed by atoms with Crippen LogP contribution in [0.1, 0.15) is 31.9 Å². The number of benzene rings is 2. The largest absolute Gasteiger partial charge is 0.468 e. The van der Waals surface area contributed by atoms with E-state index in [1.165, 1.54) is 0 Å². The fourth-order valence-electron chi connectivity index (χ4n) is 3.79. The first-order valence-electron chi connectivity index (χ1n) is 8.19. The number of rotatable bonds is 2. The summed E-state index contributed by atoms with van der Waals surface area (Å²) in [6.45, 7) is 6.27. The van der Waals surface area contributed by atoms with E-state index < -0.39 is 16.0 Å². The van der Waals surface area contributed by atoms with Crippen LogP contribution in [0.5, 0.6) is 0 Å². The summed E-state index contributed by atoms with van der Waals surface area (Å²) < 4.78 is 6.34. The molecule has 0 saturated heterocycles. The first kappa shape index (κ1) is 15.5. The van der Waals surface area contributed by atoms with Crippen LogP contribution in [-0.2, 0) is 4.74 Å². The first-order chi connectivity index (χ1) is 11.4. The molecule has 2 nitrogen and oxygen atoms in total. The molecule has 0 aromatic heterocycles. The van der Waals surface area contributed by atoms with Gasteiger partial charge in [0.1, 0.15) is 11.3 Å². The van der Waals surface area contributed by atoms with Crippen molar-refractivity contribution in [3.63, 3.8) is 0 Å². The van der Waals surface area contributed by atoms with Crippen molar-refractivity contribution in [3.05, 3.63) is 77.9 Å². The van der Waals surface area contributed by atoms with E-state index in [0.29, 0.717) is 0 Å². The van der Waals surface area contributed by atoms with Crippen molar-refractivity contribution in [2.45, 2.75) is 31.4 Å². The molecule has 122 valence electrons. The molecule has 0 saturated carbocycles. The van der Waals surface area contributed by atoms with Gasteiger partial charge < -0.3 is 4.74 Å². The number of ether oxygens (including phenoxy) is 1. The summed E-state index contributed by atoms with van der Waals surface area (Å²) in [7, 11) is 0. The molecule has 0 amide bonds. The minimum Gasteiger partial charge on any atom is -0.468 e. The van der Waals surface area contributed by atoms with Gasteiger partial charge in [0.05, 0.1) is 11.1 Å². The number of aliphatic imine (C=N–C) groups is 1. The van der Waals surface area contributed by atoms with Crippen LogP contribution in [-0.4, -0.2) is 16.3 Å². The molecule has 2 aromatic rings. The van der Waals surface area contributed by atoms with E-state index in [4.69, 9.17) is 21.3 Å². The summed E-state index contributed by atoms with van der Waals surface area (Å²) in [5, 5.41) is -0.934. The van der Waals surface area contributed by atoms with Gasteiger partial charge in [0, 0.05) is 5.56 Å². The highest BCUT2D eigenvalue weighted by molar-refractivity contribution is 6.30. The maximum Gasteiger partial charge on any atom is 0.221 e. The van der Waals surface area contributed by atoms with Gasteiger partial charge in [-0.25, -0.2) is 0 Å². The Kier molecular flexibility index (Phi) is 3.20. The standard InChI is InChI=1S/C21H20ClNO/c1-19(2)18(16-12-8-5-9-13-16)23-20(3)14-17(24-21(19,20)22)15-10-6-4-7-11-15/h4-14H,1-3H3/t20-,21-/m0/s1. The Morgan fingerprint density at radius 1 is 0.833 bits per heavy atom. The SMILES string of the molecule is CC1(C)C(c2ccccc2)=N[C@@]2(C)C=C(c3ccccc3)O[C@@]12Cl. The van der Waals surface area contributed by atoms with Crippen LogP contribution < -0.4 is 0 Å². The van der Waals surface area contributed by atoms with Gasteiger partial charge in [-0.1, -0.05) is 72.3 Å². The summed E-state index contributed by atoms with van der Waals surface area (Å²) in [5.41, 5.74) is 2.08. The van der Waals surface area contributed by atoms with E-state index in [1.54, 1.807) is 0 Å². The molecule has 2 aromatic carbocycles. The molecule has 24 heavy (non-hydrogen) atoms. The van der Waals surface area contributed by atoms with Crippen molar-refractivity contribution in [2.75, 3.05) is 0 Å². The Hall–Kier alpha value is -2.06. The molecule has 0 radical (unpaired) electrons. The molecule has 2 aliphatic rings. The molecule has 0 unspecified atom stereocenters. The number of hydrogen-bond acceptors (Lipinski definition) is 2. The predicted octanol–water partition coefficient (Wildman–Crippen LogP) is 5.28. The summed E-state index contributed by atoms with van der Waals surface area (Å²) in [4.78, 5) is 5.04. The van der Waals surface area contributed by atoms with Crippen LogP contribution in [0.15, 0.2) is 71.7 Å². The second-order valence-electron chi connectivity index (χ2n) is 7.17. The first-order valence-corrected chi connectivity index (χ1v) is 8.57. The Morgan fingerprint density at radius 2 is 1.38 bits per heavy atom. The quantitative estimate of drug-likeness (QED) is 0.683. The van der Waals surface area contributed by atoms with E-state index in [9.17, 15) is 0 Å². The zero-order valence-electron chi connectivity index (χ0n) is 14.1. The lowest BCUT2D eigenvalue weighted by molar-refractivity contribution is 0.0400. The number of halogens is 1. The van der Waals surface area contributed by atoms with Gasteiger partial charge in [0.2, 0.25) is 5.06 Å². The molecule has 4 rings (SSSR count). The van der Waals surface area contributed by atoms with Crippen LogP contribution in [0.4, 0.5) is 0 Å². The maximum absolute atomic E-state index is 7.10. The summed E-state index contributed by atoms with van der Waals surface area (Å²) in [6, 6.07) is 20.3. The van der Waals surface area contributed by atoms with Gasteiger partial charge in [-0.15, -0.1) is 0 Å². The fourth-order valence-corrected chi connectivity index (χ4v) is 4.06. The number of hydrogen-bond donors (Lipinski definition) is 0. The predicted molar refractivity (Wildman–Crippen MR) is 99.3 cm³/mol. The number of nitrogens with zero attached hydrogens (tertiary/aromatic N) is 1. The normalized spacial score (nSPS) is 30.3. The van der Waals surface area contributed by atoms with Crippen LogP contribution in [0.2, 0.25) is 0 Å². The summed E-state index contributed by atoms with van der Waals surface area (Å²) in [6.07, 6.45) is 2.06. The zero-order valence-corrected chi connectivity index (χ0v) is 14.8. The summed E-state index contributed by atoms with van der Waals surface area (Å²) in [5.74, 6) is 0.803. The van der Waals surface area contributed by atoms with Crippen molar-refractivity contribution in [3.8, 4) is 0 Å². The minimum absolute atomic E-state index is 0.433. The topological polar surface area (TPSA) is 21.6 Å². The molecular formula is C21H20ClNO.